The number of piperidine rings is 1. The number of hydrogen-bond donors (Lipinski definition) is 2. The van der Waals surface area contributed by atoms with E-state index in [-0.39, 0.29) is 28.9 Å². The van der Waals surface area contributed by atoms with Crippen molar-refractivity contribution in [2.24, 2.45) is 0 Å². The quantitative estimate of drug-likeness (QED) is 0.776. The van der Waals surface area contributed by atoms with Gasteiger partial charge in [-0.25, -0.2) is 4.39 Å². The van der Waals surface area contributed by atoms with Gasteiger partial charge in [-0.3, -0.25) is 9.59 Å². The molecule has 0 bridgehead atoms. The van der Waals surface area contributed by atoms with E-state index in [1.807, 2.05) is 0 Å². The summed E-state index contributed by atoms with van der Waals surface area (Å²) in [5.41, 5.74) is 0.534. The van der Waals surface area contributed by atoms with Crippen LogP contribution in [0.15, 0.2) is 24.3 Å². The Morgan fingerprint density at radius 2 is 2.07 bits per heavy atom. The van der Waals surface area contributed by atoms with Crippen molar-refractivity contribution in [1.29, 1.82) is 0 Å². The molecular weight excluding hydrogens is 365 g/mol. The van der Waals surface area contributed by atoms with Crippen LogP contribution >= 0.6 is 11.8 Å². The third-order valence-corrected chi connectivity index (χ3v) is 6.54. The monoisotopic (exact) mass is 393 g/mol. The average Bonchev–Trinajstić information content (AvgIpc) is 2.67. The number of carbonyl (C=O) groups excluding carboxylic acids is 2. The third-order valence-electron chi connectivity index (χ3n) is 5.23. The molecule has 2 saturated heterocycles. The molecule has 2 fully saturated rings. The van der Waals surface area contributed by atoms with Crippen molar-refractivity contribution in [3.05, 3.63) is 35.6 Å². The summed E-state index contributed by atoms with van der Waals surface area (Å²) in [5, 5.41) is 5.55. The van der Waals surface area contributed by atoms with Gasteiger partial charge < -0.3 is 15.5 Å². The molecule has 5 nitrogen and oxygen atoms in total. The standard InChI is InChI=1S/C20H28FN3O2S/c1-2-9-24-10-7-15(8-11-24)22-19(25)17-13-27-18(20(26)23-17)12-14-5-3-4-6-16(14)21/h3-6,15,17-18H,2,7-13H2,1H3,(H,22,25)(H,23,26). The summed E-state index contributed by atoms with van der Waals surface area (Å²) in [6.07, 6.45) is 3.40. The molecule has 0 radical (unpaired) electrons. The molecule has 0 saturated carbocycles. The van der Waals surface area contributed by atoms with Crippen molar-refractivity contribution >= 4 is 23.6 Å². The second kappa shape index (κ2) is 9.55. The molecule has 2 aliphatic rings. The van der Waals surface area contributed by atoms with Crippen molar-refractivity contribution in [1.82, 2.24) is 15.5 Å². The Morgan fingerprint density at radius 3 is 2.74 bits per heavy atom. The largest absolute Gasteiger partial charge is 0.351 e. The van der Waals surface area contributed by atoms with Crippen LogP contribution in [0.1, 0.15) is 31.7 Å². The number of thioether (sulfide) groups is 1. The summed E-state index contributed by atoms with van der Waals surface area (Å²) < 4.78 is 13.8. The summed E-state index contributed by atoms with van der Waals surface area (Å²) in [4.78, 5) is 27.3. The first-order chi connectivity index (χ1) is 13.1. The zero-order valence-electron chi connectivity index (χ0n) is 15.7. The van der Waals surface area contributed by atoms with E-state index in [1.165, 1.54) is 17.8 Å². The Hall–Kier alpha value is -1.60. The highest BCUT2D eigenvalue weighted by atomic mass is 32.2. The number of hydrogen-bond acceptors (Lipinski definition) is 4. The lowest BCUT2D eigenvalue weighted by molar-refractivity contribution is -0.129. The predicted octanol–water partition coefficient (Wildman–Crippen LogP) is 1.96. The fraction of sp³-hybridized carbons (Fsp3) is 0.600. The van der Waals surface area contributed by atoms with E-state index in [1.54, 1.807) is 18.2 Å². The minimum Gasteiger partial charge on any atom is -0.351 e. The molecule has 2 atom stereocenters. The number of likely N-dealkylation sites (tertiary alicyclic amines) is 1. The molecule has 3 rings (SSSR count). The van der Waals surface area contributed by atoms with Crippen LogP contribution in [0.2, 0.25) is 0 Å². The molecule has 0 spiro atoms. The lowest BCUT2D eigenvalue weighted by Crippen LogP contribution is -2.57. The topological polar surface area (TPSA) is 61.4 Å². The molecule has 148 valence electrons. The molecule has 1 aromatic carbocycles. The zero-order valence-corrected chi connectivity index (χ0v) is 16.6. The first-order valence-electron chi connectivity index (χ1n) is 9.75. The van der Waals surface area contributed by atoms with E-state index in [9.17, 15) is 14.0 Å². The SMILES string of the molecule is CCCN1CCC(NC(=O)C2CSC(Cc3ccccc3F)C(=O)N2)CC1. The number of nitrogens with one attached hydrogen (secondary N) is 2. The highest BCUT2D eigenvalue weighted by Crippen LogP contribution is 2.23. The van der Waals surface area contributed by atoms with Crippen molar-refractivity contribution in [3.8, 4) is 0 Å². The first-order valence-corrected chi connectivity index (χ1v) is 10.8. The van der Waals surface area contributed by atoms with Crippen molar-refractivity contribution < 1.29 is 14.0 Å². The Bertz CT molecular complexity index is 664. The highest BCUT2D eigenvalue weighted by molar-refractivity contribution is 8.00. The van der Waals surface area contributed by atoms with Gasteiger partial charge in [-0.2, -0.15) is 0 Å². The lowest BCUT2D eigenvalue weighted by atomic mass is 10.0. The lowest BCUT2D eigenvalue weighted by Gasteiger charge is -2.34. The van der Waals surface area contributed by atoms with Crippen LogP contribution in [0.5, 0.6) is 0 Å². The summed E-state index contributed by atoms with van der Waals surface area (Å²) in [7, 11) is 0. The maximum atomic E-state index is 13.8. The normalized spacial score (nSPS) is 24.4. The first kappa shape index (κ1) is 20.1. The van der Waals surface area contributed by atoms with E-state index in [2.05, 4.69) is 22.5 Å². The van der Waals surface area contributed by atoms with Gasteiger partial charge in [0.2, 0.25) is 11.8 Å². The van der Waals surface area contributed by atoms with Gasteiger partial charge in [-0.1, -0.05) is 25.1 Å². The van der Waals surface area contributed by atoms with Crippen LogP contribution in [0.25, 0.3) is 0 Å². The van der Waals surface area contributed by atoms with Crippen molar-refractivity contribution in [2.45, 2.75) is 49.9 Å². The summed E-state index contributed by atoms with van der Waals surface area (Å²) in [6.45, 7) is 5.31. The van der Waals surface area contributed by atoms with Gasteiger partial charge >= 0.3 is 0 Å². The van der Waals surface area contributed by atoms with Gasteiger partial charge in [-0.05, 0) is 43.9 Å². The maximum absolute atomic E-state index is 13.8. The Labute approximate surface area is 164 Å². The predicted molar refractivity (Wildman–Crippen MR) is 106 cm³/mol. The van der Waals surface area contributed by atoms with E-state index in [4.69, 9.17) is 0 Å². The van der Waals surface area contributed by atoms with Gasteiger partial charge in [-0.15, -0.1) is 11.8 Å². The van der Waals surface area contributed by atoms with Crippen LogP contribution in [0, 0.1) is 5.82 Å². The molecule has 2 aliphatic heterocycles. The Balaban J connectivity index is 1.46. The van der Waals surface area contributed by atoms with Crippen LogP contribution in [0.4, 0.5) is 4.39 Å². The van der Waals surface area contributed by atoms with Gasteiger partial charge in [0, 0.05) is 24.9 Å². The average molecular weight is 394 g/mol. The van der Waals surface area contributed by atoms with Crippen molar-refractivity contribution in [3.63, 3.8) is 0 Å². The summed E-state index contributed by atoms with van der Waals surface area (Å²) in [5.74, 6) is -0.0625. The van der Waals surface area contributed by atoms with Gasteiger partial charge in [0.1, 0.15) is 11.9 Å². The molecular formula is C20H28FN3O2S. The molecule has 2 unspecified atom stereocenters. The summed E-state index contributed by atoms with van der Waals surface area (Å²) >= 11 is 1.43. The van der Waals surface area contributed by atoms with Gasteiger partial charge in [0.25, 0.3) is 0 Å². The number of benzene rings is 1. The van der Waals surface area contributed by atoms with Gasteiger partial charge in [0.15, 0.2) is 0 Å². The Morgan fingerprint density at radius 1 is 1.33 bits per heavy atom. The molecule has 27 heavy (non-hydrogen) atoms. The molecule has 2 amide bonds. The second-order valence-electron chi connectivity index (χ2n) is 7.30. The number of halogens is 1. The minimum atomic E-state index is -0.506. The molecule has 2 heterocycles. The fourth-order valence-corrected chi connectivity index (χ4v) is 4.85. The zero-order chi connectivity index (χ0) is 19.2. The van der Waals surface area contributed by atoms with Crippen LogP contribution in [-0.4, -0.2) is 59.4 Å². The second-order valence-corrected chi connectivity index (χ2v) is 8.54. The van der Waals surface area contributed by atoms with Crippen LogP contribution < -0.4 is 10.6 Å². The fourth-order valence-electron chi connectivity index (χ4n) is 3.67. The molecule has 7 heteroatoms. The number of nitrogens with zero attached hydrogens (tertiary/aromatic N) is 1. The minimum absolute atomic E-state index is 0.103. The Kier molecular flexibility index (Phi) is 7.13. The molecule has 0 aliphatic carbocycles. The van der Waals surface area contributed by atoms with Gasteiger partial charge in [0.05, 0.1) is 5.25 Å². The van der Waals surface area contributed by atoms with E-state index in [0.717, 1.165) is 38.9 Å². The van der Waals surface area contributed by atoms with E-state index in [0.29, 0.717) is 17.7 Å². The van der Waals surface area contributed by atoms with Crippen LogP contribution in [-0.2, 0) is 16.0 Å². The van der Waals surface area contributed by atoms with E-state index >= 15 is 0 Å². The molecule has 2 N–H and O–H groups in total. The molecule has 0 aromatic heterocycles. The maximum Gasteiger partial charge on any atom is 0.243 e. The third kappa shape index (κ3) is 5.45. The highest BCUT2D eigenvalue weighted by Gasteiger charge is 2.33. The van der Waals surface area contributed by atoms with E-state index < -0.39 is 6.04 Å². The number of carbonyl (C=O) groups is 2. The van der Waals surface area contributed by atoms with Crippen molar-refractivity contribution in [2.75, 3.05) is 25.4 Å². The number of rotatable bonds is 6. The van der Waals surface area contributed by atoms with Crippen LogP contribution in [0.3, 0.4) is 0 Å². The summed E-state index contributed by atoms with van der Waals surface area (Å²) in [6, 6.07) is 6.19. The molecule has 1 aromatic rings. The number of amides is 2. The smallest absolute Gasteiger partial charge is 0.243 e.